The lowest BCUT2D eigenvalue weighted by molar-refractivity contribution is 0.0941. The van der Waals surface area contributed by atoms with Crippen LogP contribution in [0, 0.1) is 0 Å². The number of hydrogen-bond acceptors (Lipinski definition) is 2. The molecule has 0 saturated heterocycles. The number of rotatable bonds is 2. The predicted octanol–water partition coefficient (Wildman–Crippen LogP) is 5.48. The first-order valence-corrected chi connectivity index (χ1v) is 9.25. The first-order chi connectivity index (χ1) is 12.7. The van der Waals surface area contributed by atoms with E-state index in [4.69, 9.17) is 0 Å². The highest BCUT2D eigenvalue weighted by Crippen LogP contribution is 2.47. The molecule has 1 atom stereocenters. The van der Waals surface area contributed by atoms with Gasteiger partial charge in [0.15, 0.2) is 11.3 Å². The summed E-state index contributed by atoms with van der Waals surface area (Å²) >= 11 is 3.67. The van der Waals surface area contributed by atoms with Crippen molar-refractivity contribution in [3.8, 4) is 0 Å². The van der Waals surface area contributed by atoms with Crippen LogP contribution in [0.5, 0.6) is 0 Å². The molecular formula is C22H15BrN2O. The number of nitrogens with one attached hydrogen (secondary N) is 2. The lowest BCUT2D eigenvalue weighted by atomic mass is 9.79. The number of para-hydroxylation sites is 1. The third-order valence-electron chi connectivity index (χ3n) is 5.10. The van der Waals surface area contributed by atoms with Gasteiger partial charge in [-0.05, 0) is 29.8 Å². The number of Topliss-reactive ketones (excluding diaryl/α,β-unsaturated/α-hetero) is 1. The molecule has 0 fully saturated rings. The van der Waals surface area contributed by atoms with Gasteiger partial charge in [0.05, 0.1) is 0 Å². The van der Waals surface area contributed by atoms with Gasteiger partial charge in [-0.1, -0.05) is 64.5 Å². The molecule has 1 aliphatic heterocycles. The van der Waals surface area contributed by atoms with Crippen molar-refractivity contribution in [1.82, 2.24) is 4.98 Å². The van der Waals surface area contributed by atoms with Gasteiger partial charge in [-0.3, -0.25) is 4.79 Å². The molecule has 0 saturated carbocycles. The van der Waals surface area contributed by atoms with Crippen LogP contribution in [-0.4, -0.2) is 10.8 Å². The minimum absolute atomic E-state index is 0.0657. The minimum Gasteiger partial charge on any atom is -0.365 e. The molecule has 1 aromatic heterocycles. The van der Waals surface area contributed by atoms with E-state index in [0.29, 0.717) is 0 Å². The molecule has 2 N–H and O–H groups in total. The van der Waals surface area contributed by atoms with Crippen molar-refractivity contribution >= 4 is 38.3 Å². The van der Waals surface area contributed by atoms with Gasteiger partial charge in [0, 0.05) is 38.4 Å². The van der Waals surface area contributed by atoms with E-state index >= 15 is 0 Å². The number of ketones is 1. The van der Waals surface area contributed by atoms with Crippen molar-refractivity contribution in [1.29, 1.82) is 0 Å². The number of H-pyrrole nitrogens is 1. The first-order valence-electron chi connectivity index (χ1n) is 8.45. The zero-order chi connectivity index (χ0) is 17.7. The van der Waals surface area contributed by atoms with Crippen LogP contribution < -0.4 is 5.32 Å². The highest BCUT2D eigenvalue weighted by Gasteiger charge is 2.49. The highest BCUT2D eigenvalue weighted by atomic mass is 79.9. The molecule has 0 radical (unpaired) electrons. The molecule has 0 spiro atoms. The van der Waals surface area contributed by atoms with Crippen molar-refractivity contribution < 1.29 is 4.79 Å². The Hall–Kier alpha value is -2.85. The minimum atomic E-state index is -0.951. The largest absolute Gasteiger partial charge is 0.365 e. The zero-order valence-corrected chi connectivity index (χ0v) is 15.4. The fourth-order valence-electron chi connectivity index (χ4n) is 3.92. The molecule has 0 bridgehead atoms. The van der Waals surface area contributed by atoms with Crippen LogP contribution in [0.15, 0.2) is 83.5 Å². The van der Waals surface area contributed by atoms with Crippen LogP contribution >= 0.6 is 15.9 Å². The summed E-state index contributed by atoms with van der Waals surface area (Å²) in [6, 6.07) is 23.6. The number of carbonyl (C=O) groups is 1. The Morgan fingerprint density at radius 2 is 1.62 bits per heavy atom. The van der Waals surface area contributed by atoms with Crippen LogP contribution in [0.3, 0.4) is 0 Å². The number of benzene rings is 3. The van der Waals surface area contributed by atoms with Crippen LogP contribution in [-0.2, 0) is 5.54 Å². The van der Waals surface area contributed by atoms with E-state index in [1.54, 1.807) is 0 Å². The smallest absolute Gasteiger partial charge is 0.199 e. The third kappa shape index (κ3) is 1.96. The highest BCUT2D eigenvalue weighted by molar-refractivity contribution is 9.10. The van der Waals surface area contributed by atoms with Gasteiger partial charge in [-0.2, -0.15) is 0 Å². The summed E-state index contributed by atoms with van der Waals surface area (Å²) in [7, 11) is 0. The Balaban J connectivity index is 1.87. The van der Waals surface area contributed by atoms with Gasteiger partial charge in [0.2, 0.25) is 0 Å². The SMILES string of the molecule is O=C1c2ccccc2NC1(c1ccccc1)c1c[nH]c2cccc(Br)c12. The molecule has 5 rings (SSSR count). The second kappa shape index (κ2) is 5.58. The maximum Gasteiger partial charge on any atom is 0.199 e. The molecule has 3 aromatic carbocycles. The topological polar surface area (TPSA) is 44.9 Å². The van der Waals surface area contributed by atoms with Gasteiger partial charge in [0.1, 0.15) is 0 Å². The average molecular weight is 403 g/mol. The summed E-state index contributed by atoms with van der Waals surface area (Å²) < 4.78 is 0.965. The predicted molar refractivity (Wildman–Crippen MR) is 108 cm³/mol. The van der Waals surface area contributed by atoms with Gasteiger partial charge in [-0.25, -0.2) is 0 Å². The average Bonchev–Trinajstić information content (AvgIpc) is 3.24. The van der Waals surface area contributed by atoms with Crippen LogP contribution in [0.4, 0.5) is 5.69 Å². The summed E-state index contributed by atoms with van der Waals surface area (Å²) in [5.74, 6) is 0.0657. The Morgan fingerprint density at radius 3 is 2.42 bits per heavy atom. The number of aromatic nitrogens is 1. The molecule has 3 nitrogen and oxygen atoms in total. The van der Waals surface area contributed by atoms with E-state index in [1.807, 2.05) is 79.0 Å². The lowest BCUT2D eigenvalue weighted by Gasteiger charge is -2.29. The molecule has 0 amide bonds. The van der Waals surface area contributed by atoms with Crippen LogP contribution in [0.2, 0.25) is 0 Å². The quantitative estimate of drug-likeness (QED) is 0.466. The summed E-state index contributed by atoms with van der Waals surface area (Å²) in [6.07, 6.45) is 1.94. The lowest BCUT2D eigenvalue weighted by Crippen LogP contribution is -2.39. The second-order valence-electron chi connectivity index (χ2n) is 6.48. The number of hydrogen-bond donors (Lipinski definition) is 2. The Kier molecular flexibility index (Phi) is 3.31. The molecule has 4 heteroatoms. The van der Waals surface area contributed by atoms with E-state index < -0.39 is 5.54 Å². The monoisotopic (exact) mass is 402 g/mol. The molecule has 2 heterocycles. The number of fused-ring (bicyclic) bond motifs is 2. The summed E-state index contributed by atoms with van der Waals surface area (Å²) in [6.45, 7) is 0. The van der Waals surface area contributed by atoms with Gasteiger partial charge in [0.25, 0.3) is 0 Å². The van der Waals surface area contributed by atoms with E-state index in [9.17, 15) is 4.79 Å². The fourth-order valence-corrected chi connectivity index (χ4v) is 4.50. The molecule has 26 heavy (non-hydrogen) atoms. The first kappa shape index (κ1) is 15.4. The number of anilines is 1. The fraction of sp³-hybridized carbons (Fsp3) is 0.0455. The summed E-state index contributed by atoms with van der Waals surface area (Å²) in [5.41, 5.74) is 3.48. The van der Waals surface area contributed by atoms with Gasteiger partial charge >= 0.3 is 0 Å². The molecule has 4 aromatic rings. The van der Waals surface area contributed by atoms with Crippen molar-refractivity contribution in [2.75, 3.05) is 5.32 Å². The van der Waals surface area contributed by atoms with Gasteiger partial charge < -0.3 is 10.3 Å². The van der Waals surface area contributed by atoms with E-state index in [1.165, 1.54) is 0 Å². The molecule has 1 aliphatic rings. The van der Waals surface area contributed by atoms with Crippen molar-refractivity contribution in [3.05, 3.63) is 100 Å². The second-order valence-corrected chi connectivity index (χ2v) is 7.33. The van der Waals surface area contributed by atoms with Crippen LogP contribution in [0.25, 0.3) is 10.9 Å². The van der Waals surface area contributed by atoms with E-state index in [2.05, 4.69) is 26.2 Å². The zero-order valence-electron chi connectivity index (χ0n) is 13.8. The molecule has 0 aliphatic carbocycles. The third-order valence-corrected chi connectivity index (χ3v) is 5.76. The van der Waals surface area contributed by atoms with Crippen molar-refractivity contribution in [2.45, 2.75) is 5.54 Å². The van der Waals surface area contributed by atoms with Crippen molar-refractivity contribution in [3.63, 3.8) is 0 Å². The standard InChI is InChI=1S/C22H15BrN2O/c23-17-10-6-12-19-20(17)16(13-24-19)22(14-7-2-1-3-8-14)21(26)15-9-4-5-11-18(15)25-22/h1-13,24-25H. The molecular weight excluding hydrogens is 388 g/mol. The van der Waals surface area contributed by atoms with E-state index in [-0.39, 0.29) is 5.78 Å². The maximum absolute atomic E-state index is 13.7. The molecule has 1 unspecified atom stereocenters. The van der Waals surface area contributed by atoms with Crippen molar-refractivity contribution in [2.24, 2.45) is 0 Å². The Bertz CT molecular complexity index is 1150. The Morgan fingerprint density at radius 1 is 0.846 bits per heavy atom. The van der Waals surface area contributed by atoms with Crippen LogP contribution in [0.1, 0.15) is 21.5 Å². The maximum atomic E-state index is 13.7. The number of carbonyl (C=O) groups excluding carboxylic acids is 1. The number of aromatic amines is 1. The normalized spacial score (nSPS) is 18.7. The van der Waals surface area contributed by atoms with E-state index in [0.717, 1.165) is 37.8 Å². The Labute approximate surface area is 159 Å². The molecule has 126 valence electrons. The summed E-state index contributed by atoms with van der Waals surface area (Å²) in [4.78, 5) is 17.0. The summed E-state index contributed by atoms with van der Waals surface area (Å²) in [5, 5.41) is 4.56. The number of halogens is 1. The van der Waals surface area contributed by atoms with Gasteiger partial charge in [-0.15, -0.1) is 0 Å².